The van der Waals surface area contributed by atoms with Crippen molar-refractivity contribution in [1.29, 1.82) is 0 Å². The zero-order valence-corrected chi connectivity index (χ0v) is 15.1. The molecule has 1 aliphatic heterocycles. The highest BCUT2D eigenvalue weighted by Crippen LogP contribution is 2.39. The van der Waals surface area contributed by atoms with E-state index in [1.165, 1.54) is 0 Å². The van der Waals surface area contributed by atoms with Gasteiger partial charge in [0.25, 0.3) is 5.91 Å². The molecule has 0 N–H and O–H groups in total. The van der Waals surface area contributed by atoms with Gasteiger partial charge in [-0.25, -0.2) is 0 Å². The van der Waals surface area contributed by atoms with Crippen LogP contribution in [0.1, 0.15) is 33.1 Å². The monoisotopic (exact) mass is 363 g/mol. The summed E-state index contributed by atoms with van der Waals surface area (Å²) >= 11 is 6.05. The van der Waals surface area contributed by atoms with Crippen molar-refractivity contribution in [3.63, 3.8) is 0 Å². The molecule has 3 aromatic carbocycles. The van der Waals surface area contributed by atoms with Gasteiger partial charge >= 0.3 is 0 Å². The Labute approximate surface area is 157 Å². The largest absolute Gasteiger partial charge is 0.497 e. The highest BCUT2D eigenvalue weighted by atomic mass is 35.5. The van der Waals surface area contributed by atoms with Gasteiger partial charge in [0.15, 0.2) is 0 Å². The summed E-state index contributed by atoms with van der Waals surface area (Å²) < 4.78 is 5.22. The van der Waals surface area contributed by atoms with Gasteiger partial charge in [-0.05, 0) is 47.0 Å². The Morgan fingerprint density at radius 1 is 0.962 bits per heavy atom. The van der Waals surface area contributed by atoms with E-state index in [4.69, 9.17) is 16.3 Å². The van der Waals surface area contributed by atoms with Crippen LogP contribution < -0.4 is 4.74 Å². The fourth-order valence-corrected chi connectivity index (χ4v) is 3.59. The van der Waals surface area contributed by atoms with E-state index in [0.29, 0.717) is 11.6 Å². The van der Waals surface area contributed by atoms with Gasteiger partial charge in [0.2, 0.25) is 0 Å². The molecule has 0 aromatic heterocycles. The van der Waals surface area contributed by atoms with Crippen LogP contribution in [-0.4, -0.2) is 17.9 Å². The van der Waals surface area contributed by atoms with Gasteiger partial charge in [-0.15, -0.1) is 0 Å². The van der Waals surface area contributed by atoms with E-state index < -0.39 is 0 Å². The van der Waals surface area contributed by atoms with Crippen molar-refractivity contribution in [2.45, 2.75) is 12.6 Å². The molecule has 0 bridgehead atoms. The molecule has 130 valence electrons. The van der Waals surface area contributed by atoms with Crippen LogP contribution in [0.5, 0.6) is 5.75 Å². The lowest BCUT2D eigenvalue weighted by molar-refractivity contribution is 0.0736. The van der Waals surface area contributed by atoms with Crippen LogP contribution in [0.4, 0.5) is 0 Å². The van der Waals surface area contributed by atoms with E-state index in [1.54, 1.807) is 7.11 Å². The first kappa shape index (κ1) is 16.7. The van der Waals surface area contributed by atoms with Gasteiger partial charge in [0, 0.05) is 17.1 Å². The van der Waals surface area contributed by atoms with Crippen LogP contribution in [0.3, 0.4) is 0 Å². The zero-order valence-electron chi connectivity index (χ0n) is 14.4. The number of amides is 1. The number of nitrogens with zero attached hydrogens (tertiary/aromatic N) is 1. The molecule has 1 heterocycles. The Morgan fingerprint density at radius 3 is 2.35 bits per heavy atom. The third-order valence-corrected chi connectivity index (χ3v) is 5.01. The molecule has 4 heteroatoms. The number of hydrogen-bond donors (Lipinski definition) is 0. The van der Waals surface area contributed by atoms with Crippen molar-refractivity contribution in [2.24, 2.45) is 0 Å². The summed E-state index contributed by atoms with van der Waals surface area (Å²) in [5, 5.41) is 0.688. The number of ether oxygens (including phenoxy) is 1. The van der Waals surface area contributed by atoms with Gasteiger partial charge in [-0.1, -0.05) is 54.1 Å². The molecule has 4 rings (SSSR count). The lowest BCUT2D eigenvalue weighted by atomic mass is 9.98. The molecule has 3 nitrogen and oxygen atoms in total. The van der Waals surface area contributed by atoms with Crippen LogP contribution in [0, 0.1) is 0 Å². The van der Waals surface area contributed by atoms with E-state index in [1.807, 2.05) is 77.7 Å². The second-order valence-electron chi connectivity index (χ2n) is 6.32. The maximum absolute atomic E-state index is 13.1. The number of hydrogen-bond acceptors (Lipinski definition) is 2. The van der Waals surface area contributed by atoms with Crippen molar-refractivity contribution < 1.29 is 9.53 Å². The zero-order chi connectivity index (χ0) is 18.1. The minimum absolute atomic E-state index is 0.0522. The normalized spacial score (nSPS) is 15.8. The van der Waals surface area contributed by atoms with E-state index in [2.05, 4.69) is 0 Å². The lowest BCUT2D eigenvalue weighted by Crippen LogP contribution is -2.28. The Bertz CT molecular complexity index is 935. The molecule has 0 fully saturated rings. The van der Waals surface area contributed by atoms with E-state index in [9.17, 15) is 4.79 Å². The van der Waals surface area contributed by atoms with Crippen LogP contribution in [0.2, 0.25) is 5.02 Å². The quantitative estimate of drug-likeness (QED) is 0.645. The van der Waals surface area contributed by atoms with Gasteiger partial charge in [-0.2, -0.15) is 0 Å². The second kappa shape index (κ2) is 6.85. The van der Waals surface area contributed by atoms with Crippen molar-refractivity contribution in [1.82, 2.24) is 4.90 Å². The molecule has 1 amide bonds. The molecule has 26 heavy (non-hydrogen) atoms. The molecular formula is C22H18ClNO2. The second-order valence-corrected chi connectivity index (χ2v) is 6.76. The maximum Gasteiger partial charge on any atom is 0.255 e. The number of methoxy groups -OCH3 is 1. The van der Waals surface area contributed by atoms with E-state index in [-0.39, 0.29) is 11.9 Å². The Balaban J connectivity index is 1.73. The predicted octanol–water partition coefficient (Wildman–Crippen LogP) is 5.09. The molecular weight excluding hydrogens is 346 g/mol. The number of fused-ring (bicyclic) bond motifs is 1. The number of halogens is 1. The number of carbonyl (C=O) groups excluding carboxylic acids is 1. The summed E-state index contributed by atoms with van der Waals surface area (Å²) in [5.74, 6) is 0.857. The minimum Gasteiger partial charge on any atom is -0.497 e. The van der Waals surface area contributed by atoms with Crippen molar-refractivity contribution in [3.8, 4) is 5.75 Å². The molecule has 0 aliphatic carbocycles. The minimum atomic E-state index is -0.113. The summed E-state index contributed by atoms with van der Waals surface area (Å²) in [7, 11) is 1.65. The topological polar surface area (TPSA) is 29.5 Å². The maximum atomic E-state index is 13.1. The Morgan fingerprint density at radius 2 is 1.65 bits per heavy atom. The molecule has 1 unspecified atom stereocenters. The fourth-order valence-electron chi connectivity index (χ4n) is 3.47. The molecule has 3 aromatic rings. The molecule has 0 spiro atoms. The first-order valence-corrected chi connectivity index (χ1v) is 8.83. The van der Waals surface area contributed by atoms with E-state index >= 15 is 0 Å². The summed E-state index contributed by atoms with van der Waals surface area (Å²) in [6.07, 6.45) is 0. The van der Waals surface area contributed by atoms with Crippen LogP contribution in [0.25, 0.3) is 0 Å². The van der Waals surface area contributed by atoms with Crippen LogP contribution in [-0.2, 0) is 6.54 Å². The predicted molar refractivity (Wildman–Crippen MR) is 103 cm³/mol. The van der Waals surface area contributed by atoms with Crippen molar-refractivity contribution in [3.05, 3.63) is 100 Å². The average molecular weight is 364 g/mol. The molecule has 1 atom stereocenters. The van der Waals surface area contributed by atoms with Gasteiger partial charge in [0.1, 0.15) is 5.75 Å². The van der Waals surface area contributed by atoms with Gasteiger partial charge in [-0.3, -0.25) is 4.79 Å². The summed E-state index contributed by atoms with van der Waals surface area (Å²) in [6, 6.07) is 23.2. The smallest absolute Gasteiger partial charge is 0.255 e. The van der Waals surface area contributed by atoms with Crippen molar-refractivity contribution in [2.75, 3.05) is 7.11 Å². The molecule has 0 saturated heterocycles. The number of carbonyl (C=O) groups is 1. The van der Waals surface area contributed by atoms with Crippen LogP contribution >= 0.6 is 11.6 Å². The Kier molecular flexibility index (Phi) is 4.39. The summed E-state index contributed by atoms with van der Waals surface area (Å²) in [4.78, 5) is 15.0. The highest BCUT2D eigenvalue weighted by molar-refractivity contribution is 6.30. The highest BCUT2D eigenvalue weighted by Gasteiger charge is 2.37. The van der Waals surface area contributed by atoms with Crippen molar-refractivity contribution >= 4 is 17.5 Å². The summed E-state index contributed by atoms with van der Waals surface area (Å²) in [6.45, 7) is 0.533. The standard InChI is InChI=1S/C22H18ClNO2/c1-26-18-12-6-15(7-13-18)14-24-21(16-8-10-17(23)11-9-16)19-4-2-3-5-20(19)22(24)25/h2-13,21H,14H2,1H3. The third-order valence-electron chi connectivity index (χ3n) is 4.76. The van der Waals surface area contributed by atoms with E-state index in [0.717, 1.165) is 28.0 Å². The SMILES string of the molecule is COc1ccc(CN2C(=O)c3ccccc3C2c2ccc(Cl)cc2)cc1. The van der Waals surface area contributed by atoms with Gasteiger partial charge in [0.05, 0.1) is 13.2 Å². The summed E-state index contributed by atoms with van der Waals surface area (Å²) in [5.41, 5.74) is 3.92. The molecule has 1 aliphatic rings. The number of benzene rings is 3. The first-order chi connectivity index (χ1) is 12.7. The van der Waals surface area contributed by atoms with Crippen LogP contribution in [0.15, 0.2) is 72.8 Å². The lowest BCUT2D eigenvalue weighted by Gasteiger charge is -2.26. The Hall–Kier alpha value is -2.78. The molecule has 0 radical (unpaired) electrons. The fraction of sp³-hybridized carbons (Fsp3) is 0.136. The third kappa shape index (κ3) is 2.95. The molecule has 0 saturated carbocycles. The first-order valence-electron chi connectivity index (χ1n) is 8.45. The van der Waals surface area contributed by atoms with Gasteiger partial charge < -0.3 is 9.64 Å². The average Bonchev–Trinajstić information content (AvgIpc) is 2.95. The number of rotatable bonds is 4.